The largest absolute Gasteiger partial charge is 0.248 e. The number of hydrogen-bond acceptors (Lipinski definition) is 3. The van der Waals surface area contributed by atoms with Gasteiger partial charge in [-0.15, -0.1) is 17.8 Å². The summed E-state index contributed by atoms with van der Waals surface area (Å²) in [6.45, 7) is 0. The lowest BCUT2D eigenvalue weighted by molar-refractivity contribution is 0.782. The number of hydrogen-bond donors (Lipinski definition) is 0. The zero-order chi connectivity index (χ0) is 7.84. The number of terminal acetylenes is 1. The van der Waals surface area contributed by atoms with Crippen molar-refractivity contribution in [2.45, 2.75) is 0 Å². The summed E-state index contributed by atoms with van der Waals surface area (Å²) >= 11 is 1.52. The topological polar surface area (TPSA) is 30.7 Å². The van der Waals surface area contributed by atoms with E-state index in [0.717, 1.165) is 10.3 Å². The van der Waals surface area contributed by atoms with Crippen LogP contribution in [0.4, 0.5) is 0 Å². The molecule has 54 valence electrons. The van der Waals surface area contributed by atoms with Gasteiger partial charge in [0.1, 0.15) is 4.70 Å². The minimum Gasteiger partial charge on any atom is -0.248 e. The Kier molecular flexibility index (Phi) is 1.20. The van der Waals surface area contributed by atoms with E-state index in [1.54, 1.807) is 10.2 Å². The van der Waals surface area contributed by atoms with Crippen molar-refractivity contribution in [1.82, 2.24) is 14.8 Å². The van der Waals surface area contributed by atoms with Gasteiger partial charge in [0.25, 0.3) is 0 Å². The highest BCUT2D eigenvalue weighted by atomic mass is 32.1. The number of fused-ring (bicyclic) bond motifs is 1. The van der Waals surface area contributed by atoms with Crippen molar-refractivity contribution in [3.05, 3.63) is 11.2 Å². The Bertz CT molecular complexity index is 432. The average molecular weight is 163 g/mol. The highest BCUT2D eigenvalue weighted by Gasteiger charge is 2.07. The second-order valence-electron chi connectivity index (χ2n) is 2.12. The predicted octanol–water partition coefficient (Wildman–Crippen LogP) is 1.01. The van der Waals surface area contributed by atoms with Crippen molar-refractivity contribution in [3.63, 3.8) is 0 Å². The van der Waals surface area contributed by atoms with Crippen LogP contribution in [0.5, 0.6) is 0 Å². The molecule has 0 unspecified atom stereocenters. The fraction of sp³-hybridized carbons (Fsp3) is 0.143. The molecule has 0 saturated heterocycles. The molecule has 0 fully saturated rings. The maximum Gasteiger partial charge on any atom is 0.169 e. The monoisotopic (exact) mass is 163 g/mol. The van der Waals surface area contributed by atoms with Crippen molar-refractivity contribution in [2.75, 3.05) is 0 Å². The summed E-state index contributed by atoms with van der Waals surface area (Å²) in [5.41, 5.74) is 3.32. The van der Waals surface area contributed by atoms with Crippen LogP contribution in [0.25, 0.3) is 10.3 Å². The van der Waals surface area contributed by atoms with Crippen LogP contribution in [0.3, 0.4) is 0 Å². The maximum atomic E-state index is 5.24. The van der Waals surface area contributed by atoms with Gasteiger partial charge in [-0.3, -0.25) is 0 Å². The van der Waals surface area contributed by atoms with Crippen LogP contribution in [0.1, 0.15) is 5.69 Å². The molecule has 11 heavy (non-hydrogen) atoms. The minimum absolute atomic E-state index is 0.685. The molecular weight excluding hydrogens is 158 g/mol. The van der Waals surface area contributed by atoms with Gasteiger partial charge in [-0.1, -0.05) is 0 Å². The lowest BCUT2D eigenvalue weighted by Crippen LogP contribution is -1.90. The number of aromatic nitrogens is 3. The van der Waals surface area contributed by atoms with Crippen LogP contribution in [0, 0.1) is 12.3 Å². The maximum absolute atomic E-state index is 5.24. The first-order valence-electron chi connectivity index (χ1n) is 3.05. The van der Waals surface area contributed by atoms with E-state index in [-0.39, 0.29) is 0 Å². The molecule has 4 heteroatoms. The van der Waals surface area contributed by atoms with Gasteiger partial charge < -0.3 is 0 Å². The van der Waals surface area contributed by atoms with Crippen LogP contribution in [0.2, 0.25) is 0 Å². The summed E-state index contributed by atoms with van der Waals surface area (Å²) < 4.78 is 2.69. The molecule has 0 bridgehead atoms. The molecule has 0 aliphatic heterocycles. The Morgan fingerprint density at radius 2 is 2.55 bits per heavy atom. The van der Waals surface area contributed by atoms with E-state index >= 15 is 0 Å². The van der Waals surface area contributed by atoms with E-state index in [9.17, 15) is 0 Å². The van der Waals surface area contributed by atoms with E-state index in [0.29, 0.717) is 5.69 Å². The summed E-state index contributed by atoms with van der Waals surface area (Å²) in [5, 5.41) is 4.10. The molecule has 0 atom stereocenters. The molecular formula is C7H5N3S. The first-order valence-corrected chi connectivity index (χ1v) is 3.93. The van der Waals surface area contributed by atoms with Crippen molar-refractivity contribution in [1.29, 1.82) is 0 Å². The third-order valence-corrected chi connectivity index (χ3v) is 2.28. The number of nitrogens with zero attached hydrogens (tertiary/aromatic N) is 3. The van der Waals surface area contributed by atoms with Gasteiger partial charge in [0, 0.05) is 7.05 Å². The fourth-order valence-electron chi connectivity index (χ4n) is 0.970. The number of aryl methyl sites for hydroxylation is 1. The Morgan fingerprint density at radius 1 is 1.73 bits per heavy atom. The van der Waals surface area contributed by atoms with E-state index in [1.807, 2.05) is 7.05 Å². The van der Waals surface area contributed by atoms with Gasteiger partial charge >= 0.3 is 0 Å². The Morgan fingerprint density at radius 3 is 3.27 bits per heavy atom. The zero-order valence-corrected chi connectivity index (χ0v) is 6.72. The third kappa shape index (κ3) is 0.748. The lowest BCUT2D eigenvalue weighted by atomic mass is 10.4. The SMILES string of the molecule is C#Cc1nn(C)c2ncsc12. The third-order valence-electron chi connectivity index (χ3n) is 1.46. The Hall–Kier alpha value is -1.34. The highest BCUT2D eigenvalue weighted by molar-refractivity contribution is 7.16. The summed E-state index contributed by atoms with van der Waals surface area (Å²) in [5.74, 6) is 2.52. The van der Waals surface area contributed by atoms with E-state index < -0.39 is 0 Å². The van der Waals surface area contributed by atoms with Gasteiger partial charge in [0.2, 0.25) is 0 Å². The molecule has 2 aromatic rings. The summed E-state index contributed by atoms with van der Waals surface area (Å²) in [7, 11) is 1.84. The molecule has 0 aliphatic carbocycles. The van der Waals surface area contributed by atoms with Gasteiger partial charge in [0.15, 0.2) is 11.3 Å². The standard InChI is InChI=1S/C7H5N3S/c1-3-5-6-7(8-4-11-6)10(2)9-5/h1,4H,2H3. The lowest BCUT2D eigenvalue weighted by Gasteiger charge is -1.83. The molecule has 0 spiro atoms. The first-order chi connectivity index (χ1) is 5.33. The minimum atomic E-state index is 0.685. The molecule has 0 radical (unpaired) electrons. The molecule has 0 aromatic carbocycles. The second kappa shape index (κ2) is 2.07. The van der Waals surface area contributed by atoms with Crippen LogP contribution >= 0.6 is 11.3 Å². The van der Waals surface area contributed by atoms with Crippen molar-refractivity contribution < 1.29 is 0 Å². The summed E-state index contributed by atoms with van der Waals surface area (Å²) in [6.07, 6.45) is 5.24. The number of rotatable bonds is 0. The normalized spacial score (nSPS) is 10.2. The molecule has 3 nitrogen and oxygen atoms in total. The van der Waals surface area contributed by atoms with Gasteiger partial charge in [0.05, 0.1) is 5.51 Å². The smallest absolute Gasteiger partial charge is 0.169 e. The van der Waals surface area contributed by atoms with Crippen molar-refractivity contribution >= 4 is 21.7 Å². The van der Waals surface area contributed by atoms with Crippen LogP contribution in [-0.4, -0.2) is 14.8 Å². The van der Waals surface area contributed by atoms with Gasteiger partial charge in [-0.25, -0.2) is 9.67 Å². The van der Waals surface area contributed by atoms with Crippen molar-refractivity contribution in [3.8, 4) is 12.3 Å². The fourth-order valence-corrected chi connectivity index (χ4v) is 1.73. The molecule has 2 rings (SSSR count). The Balaban J connectivity index is 2.94. The van der Waals surface area contributed by atoms with Crippen LogP contribution < -0.4 is 0 Å². The number of thiazole rings is 1. The van der Waals surface area contributed by atoms with Crippen molar-refractivity contribution in [2.24, 2.45) is 7.05 Å². The quantitative estimate of drug-likeness (QED) is 0.543. The molecule has 0 saturated carbocycles. The first kappa shape index (κ1) is 6.38. The van der Waals surface area contributed by atoms with Crippen LogP contribution in [-0.2, 0) is 7.05 Å². The summed E-state index contributed by atoms with van der Waals surface area (Å²) in [4.78, 5) is 4.11. The molecule has 0 amide bonds. The van der Waals surface area contributed by atoms with E-state index in [1.165, 1.54) is 11.3 Å². The van der Waals surface area contributed by atoms with Gasteiger partial charge in [-0.05, 0) is 5.92 Å². The van der Waals surface area contributed by atoms with E-state index in [4.69, 9.17) is 6.42 Å². The molecule has 0 aliphatic rings. The molecule has 2 aromatic heterocycles. The molecule has 0 N–H and O–H groups in total. The highest BCUT2D eigenvalue weighted by Crippen LogP contribution is 2.19. The Labute approximate surface area is 67.7 Å². The summed E-state index contributed by atoms with van der Waals surface area (Å²) in [6, 6.07) is 0. The second-order valence-corrected chi connectivity index (χ2v) is 2.98. The van der Waals surface area contributed by atoms with Gasteiger partial charge in [-0.2, -0.15) is 5.10 Å². The van der Waals surface area contributed by atoms with Crippen LogP contribution in [0.15, 0.2) is 5.51 Å². The zero-order valence-electron chi connectivity index (χ0n) is 5.90. The van der Waals surface area contributed by atoms with E-state index in [2.05, 4.69) is 16.0 Å². The average Bonchev–Trinajstić information content (AvgIpc) is 2.54. The predicted molar refractivity (Wildman–Crippen MR) is 44.3 cm³/mol. The molecule has 2 heterocycles.